The zero-order chi connectivity index (χ0) is 48.3. The lowest BCUT2D eigenvalue weighted by atomic mass is 9.80. The Balaban J connectivity index is 0.000000141. The summed E-state index contributed by atoms with van der Waals surface area (Å²) in [6.45, 7) is 6.91. The van der Waals surface area contributed by atoms with Gasteiger partial charge in [-0.3, -0.25) is 0 Å². The Labute approximate surface area is 421 Å². The van der Waals surface area contributed by atoms with Crippen LogP contribution < -0.4 is 0 Å². The largest absolute Gasteiger partial charge is 0.0616 e. The second-order valence-corrected chi connectivity index (χ2v) is 20.3. The van der Waals surface area contributed by atoms with Gasteiger partial charge in [-0.05, 0) is 160 Å². The Morgan fingerprint density at radius 2 is 0.528 bits per heavy atom. The first kappa shape index (κ1) is 43.2. The van der Waals surface area contributed by atoms with Crippen molar-refractivity contribution in [3.05, 3.63) is 266 Å². The van der Waals surface area contributed by atoms with Crippen LogP contribution in [0.3, 0.4) is 0 Å². The van der Waals surface area contributed by atoms with Gasteiger partial charge < -0.3 is 0 Å². The predicted molar refractivity (Wildman–Crippen MR) is 313 cm³/mol. The van der Waals surface area contributed by atoms with Gasteiger partial charge in [0.1, 0.15) is 0 Å². The number of hydrogen-bond donors (Lipinski definition) is 0. The molecule has 14 aromatic rings. The minimum absolute atomic E-state index is 0.0545. The van der Waals surface area contributed by atoms with Gasteiger partial charge in [0, 0.05) is 0 Å². The van der Waals surface area contributed by atoms with Gasteiger partial charge in [0.2, 0.25) is 0 Å². The second-order valence-electron chi connectivity index (χ2n) is 20.3. The molecule has 0 radical (unpaired) electrons. The highest BCUT2D eigenvalue weighted by molar-refractivity contribution is 6.25. The van der Waals surface area contributed by atoms with Crippen molar-refractivity contribution in [1.82, 2.24) is 0 Å². The summed E-state index contributed by atoms with van der Waals surface area (Å²) in [6.07, 6.45) is 0. The molecule has 340 valence electrons. The summed E-state index contributed by atoms with van der Waals surface area (Å²) < 4.78 is 0. The average Bonchev–Trinajstić information content (AvgIpc) is 3.43. The first-order chi connectivity index (χ1) is 35.4. The molecule has 0 nitrogen and oxygen atoms in total. The fraction of sp³-hybridized carbons (Fsp3) is 0.0556. The molecule has 0 fully saturated rings. The molecule has 0 saturated heterocycles. The van der Waals surface area contributed by atoms with Crippen molar-refractivity contribution < 1.29 is 0 Å². The van der Waals surface area contributed by atoms with E-state index < -0.39 is 0 Å². The van der Waals surface area contributed by atoms with E-state index in [1.54, 1.807) is 0 Å². The Morgan fingerprint density at radius 1 is 0.208 bits per heavy atom. The Morgan fingerprint density at radius 3 is 0.944 bits per heavy atom. The lowest BCUT2D eigenvalue weighted by molar-refractivity contribution is 0.591. The van der Waals surface area contributed by atoms with Gasteiger partial charge in [-0.25, -0.2) is 0 Å². The van der Waals surface area contributed by atoms with Crippen molar-refractivity contribution in [2.75, 3.05) is 0 Å². The highest BCUT2D eigenvalue weighted by Crippen LogP contribution is 2.48. The third-order valence-corrected chi connectivity index (χ3v) is 15.0. The number of rotatable bonds is 4. The number of hydrogen-bond acceptors (Lipinski definition) is 0. The Kier molecular flexibility index (Phi) is 10.5. The maximum atomic E-state index is 2.45. The van der Waals surface area contributed by atoms with Crippen LogP contribution in [0.15, 0.2) is 261 Å². The third-order valence-electron chi connectivity index (χ3n) is 15.0. The molecule has 14 rings (SSSR count). The normalized spacial score (nSPS) is 11.8. The molecule has 0 aliphatic heterocycles. The van der Waals surface area contributed by atoms with E-state index in [2.05, 4.69) is 282 Å². The van der Waals surface area contributed by atoms with Crippen molar-refractivity contribution in [3.8, 4) is 44.5 Å². The van der Waals surface area contributed by atoms with Crippen LogP contribution >= 0.6 is 0 Å². The van der Waals surface area contributed by atoms with E-state index in [-0.39, 0.29) is 5.41 Å². The molecule has 72 heavy (non-hydrogen) atoms. The lowest BCUT2D eigenvalue weighted by Crippen LogP contribution is -2.10. The molecule has 0 bridgehead atoms. The molecule has 0 spiro atoms. The molecular weight excluding hydrogens is 865 g/mol. The molecule has 0 aliphatic carbocycles. The third kappa shape index (κ3) is 7.38. The summed E-state index contributed by atoms with van der Waals surface area (Å²) in [4.78, 5) is 0. The first-order valence-electron chi connectivity index (χ1n) is 25.2. The summed E-state index contributed by atoms with van der Waals surface area (Å²) in [6, 6.07) is 95.7. The predicted octanol–water partition coefficient (Wildman–Crippen LogP) is 20.6. The first-order valence-corrected chi connectivity index (χ1v) is 25.2. The topological polar surface area (TPSA) is 0 Å². The highest BCUT2D eigenvalue weighted by Gasteiger charge is 2.22. The van der Waals surface area contributed by atoms with Crippen LogP contribution in [-0.2, 0) is 5.41 Å². The van der Waals surface area contributed by atoms with E-state index in [1.165, 1.54) is 136 Å². The zero-order valence-corrected chi connectivity index (χ0v) is 40.8. The van der Waals surface area contributed by atoms with Crippen molar-refractivity contribution in [2.45, 2.75) is 26.2 Å². The molecule has 0 aliphatic rings. The molecule has 14 aromatic carbocycles. The average molecular weight is 917 g/mol. The van der Waals surface area contributed by atoms with Gasteiger partial charge in [0.05, 0.1) is 0 Å². The highest BCUT2D eigenvalue weighted by atomic mass is 14.3. The van der Waals surface area contributed by atoms with E-state index in [0.717, 1.165) is 0 Å². The summed E-state index contributed by atoms with van der Waals surface area (Å²) in [5.74, 6) is 0. The van der Waals surface area contributed by atoms with Crippen LogP contribution in [0, 0.1) is 0 Å². The van der Waals surface area contributed by atoms with Crippen LogP contribution in [0.1, 0.15) is 26.3 Å². The molecule has 0 aromatic heterocycles. The molecule has 0 N–H and O–H groups in total. The summed E-state index contributed by atoms with van der Waals surface area (Å²) in [5, 5.41) is 20.6. The fourth-order valence-electron chi connectivity index (χ4n) is 11.6. The Hall–Kier alpha value is -8.84. The second kappa shape index (κ2) is 17.5. The molecule has 0 heterocycles. The minimum Gasteiger partial charge on any atom is -0.0616 e. The van der Waals surface area contributed by atoms with Gasteiger partial charge in [0.15, 0.2) is 0 Å². The molecule has 0 atom stereocenters. The number of benzene rings is 14. The van der Waals surface area contributed by atoms with E-state index in [9.17, 15) is 0 Å². The van der Waals surface area contributed by atoms with E-state index in [1.807, 2.05) is 0 Å². The number of fused-ring (bicyclic) bond motifs is 8. The molecule has 0 saturated carbocycles. The van der Waals surface area contributed by atoms with Gasteiger partial charge in [-0.2, -0.15) is 0 Å². The van der Waals surface area contributed by atoms with Crippen molar-refractivity contribution in [1.29, 1.82) is 0 Å². The van der Waals surface area contributed by atoms with E-state index in [4.69, 9.17) is 0 Å². The quantitative estimate of drug-likeness (QED) is 0.154. The summed E-state index contributed by atoms with van der Waals surface area (Å²) in [7, 11) is 0. The van der Waals surface area contributed by atoms with Gasteiger partial charge in [0.25, 0.3) is 0 Å². The standard InChI is InChI=1S/C38H30.C34H22/c1-38(2,3)29-21-22-34-35(24-29)37(31-18-10-14-26-12-6-7-15-30(26)31)33-17-9-8-16-32(33)36(34)28-20-19-25-11-4-5-13-27(25)23-28;1-2-12-25-22-26(21-20-23(25)10-1)33-29-15-5-7-17-31(29)34(32-18-8-6-16-30(32)33)28-19-9-13-24-11-3-4-14-27(24)28/h4-24H,1-3H3;1-22H. The van der Waals surface area contributed by atoms with Gasteiger partial charge in [-0.1, -0.05) is 263 Å². The van der Waals surface area contributed by atoms with Crippen LogP contribution in [0.25, 0.3) is 131 Å². The molecule has 0 amide bonds. The van der Waals surface area contributed by atoms with Crippen LogP contribution in [-0.4, -0.2) is 0 Å². The van der Waals surface area contributed by atoms with Gasteiger partial charge >= 0.3 is 0 Å². The molecule has 0 unspecified atom stereocenters. The minimum atomic E-state index is 0.0545. The lowest BCUT2D eigenvalue weighted by Gasteiger charge is -2.23. The maximum Gasteiger partial charge on any atom is -0.00200 e. The smallest absolute Gasteiger partial charge is 0.00200 e. The Bertz CT molecular complexity index is 4360. The zero-order valence-electron chi connectivity index (χ0n) is 40.8. The van der Waals surface area contributed by atoms with Crippen LogP contribution in [0.5, 0.6) is 0 Å². The maximum absolute atomic E-state index is 2.45. The van der Waals surface area contributed by atoms with Crippen molar-refractivity contribution in [2.24, 2.45) is 0 Å². The van der Waals surface area contributed by atoms with Crippen molar-refractivity contribution >= 4 is 86.2 Å². The summed E-state index contributed by atoms with van der Waals surface area (Å²) >= 11 is 0. The van der Waals surface area contributed by atoms with E-state index in [0.29, 0.717) is 0 Å². The van der Waals surface area contributed by atoms with Gasteiger partial charge in [-0.15, -0.1) is 0 Å². The van der Waals surface area contributed by atoms with Crippen LogP contribution in [0.4, 0.5) is 0 Å². The SMILES string of the molecule is CC(C)(C)c1ccc2c(-c3ccc4ccccc4c3)c3ccccc3c(-c3cccc4ccccc34)c2c1.c1ccc2cc(-c3c4ccccc4c(-c4cccc5ccccc45)c4ccccc34)ccc2c1. The van der Waals surface area contributed by atoms with E-state index >= 15 is 0 Å². The summed E-state index contributed by atoms with van der Waals surface area (Å²) in [5.41, 5.74) is 11.8. The molecular formula is C72H52. The van der Waals surface area contributed by atoms with Crippen LogP contribution in [0.2, 0.25) is 0 Å². The monoisotopic (exact) mass is 916 g/mol. The fourth-order valence-corrected chi connectivity index (χ4v) is 11.6. The van der Waals surface area contributed by atoms with Crippen molar-refractivity contribution in [3.63, 3.8) is 0 Å². The molecule has 0 heteroatoms.